The molecule has 0 rings (SSSR count). The number of aliphatic hydroxyl groups excluding tert-OH is 1. The molecular formula is C35H68Br4O8S4. The van der Waals surface area contributed by atoms with Crippen molar-refractivity contribution in [2.24, 2.45) is 0 Å². The topological polar surface area (TPSA) is 116 Å². The molecule has 0 saturated heterocycles. The van der Waals surface area contributed by atoms with Crippen LogP contribution in [0.1, 0.15) is 133 Å². The number of esters is 3. The zero-order chi connectivity index (χ0) is 41.0. The summed E-state index contributed by atoms with van der Waals surface area (Å²) in [6.07, 6.45) is 13.6. The Kier molecular flexibility index (Phi) is 66.8. The summed E-state index contributed by atoms with van der Waals surface area (Å²) in [6.45, 7) is 20.0. The maximum absolute atomic E-state index is 11.5. The molecule has 0 radical (unpaired) electrons. The zero-order valence-corrected chi connectivity index (χ0v) is 42.3. The van der Waals surface area contributed by atoms with E-state index in [2.05, 4.69) is 92.7 Å². The van der Waals surface area contributed by atoms with E-state index in [4.69, 9.17) is 22.1 Å². The SMILES string of the molecule is CC(Br)C(=O)Br.CCCCCCCCCCCCSC(=S)SC(C)C(=O)OCC.CCO.CCOC(=O)C(C)Br.CCOC(=O)C(C)Br.CCS. The number of ether oxygens (including phenoxy) is 3. The predicted molar refractivity (Wildman–Crippen MR) is 245 cm³/mol. The zero-order valence-electron chi connectivity index (χ0n) is 32.6. The molecule has 0 bridgehead atoms. The van der Waals surface area contributed by atoms with Gasteiger partial charge < -0.3 is 19.3 Å². The number of carbonyl (C=O) groups excluding carboxylic acids is 4. The van der Waals surface area contributed by atoms with Gasteiger partial charge in [0.25, 0.3) is 0 Å². The first-order valence-electron chi connectivity index (χ1n) is 17.6. The highest BCUT2D eigenvalue weighted by atomic mass is 79.9. The summed E-state index contributed by atoms with van der Waals surface area (Å²) in [4.78, 5) is 42.1. The molecule has 8 nitrogen and oxygen atoms in total. The lowest BCUT2D eigenvalue weighted by Gasteiger charge is -2.10. The van der Waals surface area contributed by atoms with E-state index < -0.39 is 0 Å². The van der Waals surface area contributed by atoms with Gasteiger partial charge in [-0.15, -0.1) is 11.8 Å². The van der Waals surface area contributed by atoms with Gasteiger partial charge in [0.15, 0.2) is 0 Å². The highest BCUT2D eigenvalue weighted by molar-refractivity contribution is 9.20. The van der Waals surface area contributed by atoms with E-state index in [0.717, 1.165) is 15.0 Å². The molecule has 0 aromatic heterocycles. The van der Waals surface area contributed by atoms with Crippen molar-refractivity contribution in [3.8, 4) is 0 Å². The van der Waals surface area contributed by atoms with Gasteiger partial charge >= 0.3 is 17.9 Å². The first-order chi connectivity index (χ1) is 23.9. The number of carbonyl (C=O) groups is 4. The molecule has 0 aromatic rings. The summed E-state index contributed by atoms with van der Waals surface area (Å²) in [5.74, 6) is 1.44. The minimum absolute atomic E-state index is 0.0116. The van der Waals surface area contributed by atoms with Crippen LogP contribution in [-0.2, 0) is 33.4 Å². The van der Waals surface area contributed by atoms with Gasteiger partial charge in [0.05, 0.1) is 24.6 Å². The largest absolute Gasteiger partial charge is 0.465 e. The molecule has 4 atom stereocenters. The molecule has 0 aliphatic heterocycles. The molecule has 0 heterocycles. The van der Waals surface area contributed by atoms with Crippen LogP contribution in [-0.4, -0.2) is 88.9 Å². The van der Waals surface area contributed by atoms with Gasteiger partial charge in [-0.05, 0) is 89.2 Å². The van der Waals surface area contributed by atoms with Crippen LogP contribution in [0.25, 0.3) is 0 Å². The molecular weight excluding hydrogens is 996 g/mol. The number of alkyl halides is 3. The number of rotatable bonds is 19. The Morgan fingerprint density at radius 1 is 0.647 bits per heavy atom. The highest BCUT2D eigenvalue weighted by Gasteiger charge is 2.16. The summed E-state index contributed by atoms with van der Waals surface area (Å²) in [5.41, 5.74) is 0. The van der Waals surface area contributed by atoms with Crippen LogP contribution >= 0.6 is 112 Å². The Hall–Kier alpha value is 1.10. The molecule has 51 heavy (non-hydrogen) atoms. The lowest BCUT2D eigenvalue weighted by Crippen LogP contribution is -2.17. The Morgan fingerprint density at radius 2 is 0.941 bits per heavy atom. The molecule has 0 aliphatic rings. The van der Waals surface area contributed by atoms with E-state index in [9.17, 15) is 19.2 Å². The predicted octanol–water partition coefficient (Wildman–Crippen LogP) is 11.9. The van der Waals surface area contributed by atoms with E-state index >= 15 is 0 Å². The molecule has 1 N–H and O–H groups in total. The third kappa shape index (κ3) is 66.3. The molecule has 0 aliphatic carbocycles. The Labute approximate surface area is 364 Å². The fourth-order valence-corrected chi connectivity index (χ4v) is 5.62. The summed E-state index contributed by atoms with van der Waals surface area (Å²) < 4.78 is 15.1. The van der Waals surface area contributed by atoms with Crippen LogP contribution in [0.15, 0.2) is 0 Å². The maximum atomic E-state index is 11.5. The second kappa shape index (κ2) is 53.2. The number of halogens is 4. The number of unbranched alkanes of at least 4 members (excludes halogenated alkanes) is 9. The van der Waals surface area contributed by atoms with Crippen molar-refractivity contribution < 1.29 is 38.5 Å². The molecule has 0 aromatic carbocycles. The van der Waals surface area contributed by atoms with Crippen molar-refractivity contribution in [2.45, 2.75) is 153 Å². The quantitative estimate of drug-likeness (QED) is 0.0245. The fourth-order valence-electron chi connectivity index (χ4n) is 2.75. The highest BCUT2D eigenvalue weighted by Crippen LogP contribution is 2.24. The van der Waals surface area contributed by atoms with E-state index in [1.165, 1.54) is 76.0 Å². The summed E-state index contributed by atoms with van der Waals surface area (Å²) in [7, 11) is 0. The van der Waals surface area contributed by atoms with E-state index in [0.29, 0.717) is 19.8 Å². The van der Waals surface area contributed by atoms with Crippen molar-refractivity contribution in [1.29, 1.82) is 0 Å². The smallest absolute Gasteiger partial charge is 0.319 e. The molecule has 0 amide bonds. The number of thioether (sulfide) groups is 2. The van der Waals surface area contributed by atoms with Crippen molar-refractivity contribution >= 4 is 138 Å². The van der Waals surface area contributed by atoms with Gasteiger partial charge in [-0.1, -0.05) is 143 Å². The normalized spacial score (nSPS) is 11.8. The van der Waals surface area contributed by atoms with Crippen LogP contribution < -0.4 is 0 Å². The van der Waals surface area contributed by atoms with Crippen LogP contribution in [0.5, 0.6) is 0 Å². The van der Waals surface area contributed by atoms with Gasteiger partial charge in [0, 0.05) is 6.61 Å². The molecule has 0 fully saturated rings. The summed E-state index contributed by atoms with van der Waals surface area (Å²) in [5, 5.41) is 7.38. The molecule has 0 saturated carbocycles. The van der Waals surface area contributed by atoms with Crippen LogP contribution in [0.3, 0.4) is 0 Å². The molecule has 16 heteroatoms. The average Bonchev–Trinajstić information content (AvgIpc) is 3.05. The average molecular weight is 1060 g/mol. The monoisotopic (exact) mass is 1060 g/mol. The van der Waals surface area contributed by atoms with Crippen LogP contribution in [0, 0.1) is 0 Å². The lowest BCUT2D eigenvalue weighted by atomic mass is 10.1. The Morgan fingerprint density at radius 3 is 1.20 bits per heavy atom. The summed E-state index contributed by atoms with van der Waals surface area (Å²) in [6, 6.07) is 0. The first kappa shape index (κ1) is 64.0. The van der Waals surface area contributed by atoms with Gasteiger partial charge in [0.2, 0.25) is 4.69 Å². The number of hydrogen-bond acceptors (Lipinski definition) is 12. The maximum Gasteiger partial charge on any atom is 0.319 e. The second-order valence-electron chi connectivity index (χ2n) is 10.1. The van der Waals surface area contributed by atoms with Gasteiger partial charge in [-0.3, -0.25) is 19.2 Å². The molecule has 308 valence electrons. The van der Waals surface area contributed by atoms with E-state index in [1.54, 1.807) is 53.3 Å². The van der Waals surface area contributed by atoms with Gasteiger partial charge in [-0.25, -0.2) is 0 Å². The number of thiol groups is 1. The van der Waals surface area contributed by atoms with Crippen molar-refractivity contribution in [2.75, 3.05) is 37.9 Å². The van der Waals surface area contributed by atoms with Gasteiger partial charge in [-0.2, -0.15) is 12.6 Å². The van der Waals surface area contributed by atoms with Crippen LogP contribution in [0.4, 0.5) is 0 Å². The van der Waals surface area contributed by atoms with Crippen molar-refractivity contribution in [3.63, 3.8) is 0 Å². The van der Waals surface area contributed by atoms with Crippen molar-refractivity contribution in [1.82, 2.24) is 0 Å². The minimum atomic E-state index is -0.201. The van der Waals surface area contributed by atoms with Gasteiger partial charge in [0.1, 0.15) is 18.4 Å². The fraction of sp³-hybridized carbons (Fsp3) is 0.857. The van der Waals surface area contributed by atoms with E-state index in [1.807, 2.05) is 20.8 Å². The number of aliphatic hydroxyl groups is 1. The summed E-state index contributed by atoms with van der Waals surface area (Å²) >= 11 is 24.2. The third-order valence-corrected chi connectivity index (χ3v) is 10.4. The minimum Gasteiger partial charge on any atom is -0.465 e. The molecule has 4 unspecified atom stereocenters. The van der Waals surface area contributed by atoms with E-state index in [-0.39, 0.29) is 48.9 Å². The number of hydrogen-bond donors (Lipinski definition) is 2. The van der Waals surface area contributed by atoms with Crippen LogP contribution in [0.2, 0.25) is 0 Å². The third-order valence-electron chi connectivity index (χ3n) is 5.14. The second-order valence-corrected chi connectivity index (χ2v) is 19.3. The lowest BCUT2D eigenvalue weighted by molar-refractivity contribution is -0.142. The Balaban J connectivity index is -0.000000147. The first-order valence-corrected chi connectivity index (χ1v) is 24.1. The molecule has 0 spiro atoms. The number of thiocarbonyl (C=S) groups is 1. The standard InChI is InChI=1S/C18H34O2S3.2C5H9BrO2.C3H4Br2O.C2H6O.C2H6S/c1-4-6-7-8-9-10-11-12-13-14-15-22-18(21)23-16(3)17(19)20-5-2;2*1-3-8-5(7)4(2)6;1-2(4)3(5)6;2*1-2-3/h16H,4-15H2,1-3H3;2*4H,3H2,1-2H3;2H,1H3;2*3H,2H2,1H3. The Bertz CT molecular complexity index is 773. The van der Waals surface area contributed by atoms with Crippen molar-refractivity contribution in [3.05, 3.63) is 0 Å².